The van der Waals surface area contributed by atoms with Crippen LogP contribution in [0.15, 0.2) is 50.9 Å². The van der Waals surface area contributed by atoms with Crippen molar-refractivity contribution in [1.29, 1.82) is 0 Å². The van der Waals surface area contributed by atoms with Gasteiger partial charge in [-0.25, -0.2) is 17.9 Å². The van der Waals surface area contributed by atoms with E-state index in [1.54, 1.807) is 21.3 Å². The Morgan fingerprint density at radius 1 is 0.917 bits per heavy atom. The number of hydrogen-bond acceptors (Lipinski definition) is 7. The minimum Gasteiger partial charge on any atom is -0.493 e. The molecular weight excluding hydrogens is 484 g/mol. The van der Waals surface area contributed by atoms with Crippen LogP contribution in [0.2, 0.25) is 0 Å². The van der Waals surface area contributed by atoms with Crippen LogP contribution in [0.5, 0.6) is 11.5 Å². The second-order valence-corrected chi connectivity index (χ2v) is 10.7. The molecule has 1 N–H and O–H groups in total. The lowest BCUT2D eigenvalue weighted by Gasteiger charge is -2.35. The lowest BCUT2D eigenvalue weighted by molar-refractivity contribution is 0.164. The van der Waals surface area contributed by atoms with Gasteiger partial charge in [0.25, 0.3) is 5.56 Å². The van der Waals surface area contributed by atoms with Crippen molar-refractivity contribution < 1.29 is 17.9 Å². The standard InChI is InChI=1S/C25H32N4O6S/c1-27-20-10-9-18(15-19(20)24(30)28(2)25(27)31)36(32,33)26-16-21(29-12-6-5-7-13-29)17-8-11-22(34-3)23(14-17)35-4/h8-11,14-15,21,26H,5-7,12-13,16H2,1-4H3/t21-/m0/s1. The number of sulfonamides is 1. The first-order valence-corrected chi connectivity index (χ1v) is 13.3. The van der Waals surface area contributed by atoms with Crippen molar-refractivity contribution in [3.8, 4) is 11.5 Å². The highest BCUT2D eigenvalue weighted by Crippen LogP contribution is 2.33. The molecule has 1 aliphatic heterocycles. The normalized spacial score (nSPS) is 15.7. The molecule has 0 aliphatic carbocycles. The van der Waals surface area contributed by atoms with Crippen LogP contribution in [-0.4, -0.2) is 56.3 Å². The van der Waals surface area contributed by atoms with Crippen LogP contribution in [-0.2, 0) is 24.1 Å². The molecule has 1 aromatic heterocycles. The van der Waals surface area contributed by atoms with Crippen LogP contribution in [0.4, 0.5) is 0 Å². The lowest BCUT2D eigenvalue weighted by atomic mass is 10.0. The molecule has 0 radical (unpaired) electrons. The Bertz CT molecular complexity index is 1490. The molecule has 194 valence electrons. The summed E-state index contributed by atoms with van der Waals surface area (Å²) >= 11 is 0. The van der Waals surface area contributed by atoms with E-state index in [9.17, 15) is 18.0 Å². The minimum atomic E-state index is -3.94. The molecule has 36 heavy (non-hydrogen) atoms. The van der Waals surface area contributed by atoms with Gasteiger partial charge in [0.1, 0.15) is 0 Å². The first-order valence-electron chi connectivity index (χ1n) is 11.8. The van der Waals surface area contributed by atoms with Gasteiger partial charge in [-0.15, -0.1) is 0 Å². The molecule has 0 amide bonds. The zero-order chi connectivity index (χ0) is 26.0. The van der Waals surface area contributed by atoms with Crippen molar-refractivity contribution in [3.63, 3.8) is 0 Å². The number of aromatic nitrogens is 2. The molecule has 0 unspecified atom stereocenters. The molecule has 3 aromatic rings. The van der Waals surface area contributed by atoms with E-state index < -0.39 is 21.3 Å². The van der Waals surface area contributed by atoms with Gasteiger partial charge in [-0.1, -0.05) is 12.5 Å². The first kappa shape index (κ1) is 25.9. The number of aryl methyl sites for hydroxylation is 1. The number of methoxy groups -OCH3 is 2. The van der Waals surface area contributed by atoms with E-state index in [0.717, 1.165) is 42.5 Å². The van der Waals surface area contributed by atoms with Crippen LogP contribution in [0.3, 0.4) is 0 Å². The third kappa shape index (κ3) is 4.91. The fraction of sp³-hybridized carbons (Fsp3) is 0.440. The number of piperidine rings is 1. The Kier molecular flexibility index (Phi) is 7.53. The maximum atomic E-state index is 13.3. The third-order valence-corrected chi connectivity index (χ3v) is 8.26. The maximum Gasteiger partial charge on any atom is 0.330 e. The molecule has 2 heterocycles. The quantitative estimate of drug-likeness (QED) is 0.486. The molecule has 0 saturated carbocycles. The van der Waals surface area contributed by atoms with Gasteiger partial charge in [-0.05, 0) is 61.8 Å². The van der Waals surface area contributed by atoms with Gasteiger partial charge in [0.2, 0.25) is 10.0 Å². The van der Waals surface area contributed by atoms with E-state index in [4.69, 9.17) is 9.47 Å². The van der Waals surface area contributed by atoms with Crippen molar-refractivity contribution in [1.82, 2.24) is 18.8 Å². The van der Waals surface area contributed by atoms with Crippen LogP contribution in [0.1, 0.15) is 30.9 Å². The third-order valence-electron chi connectivity index (χ3n) is 6.84. The molecule has 0 spiro atoms. The molecule has 2 aromatic carbocycles. The monoisotopic (exact) mass is 516 g/mol. The Morgan fingerprint density at radius 2 is 1.61 bits per heavy atom. The van der Waals surface area contributed by atoms with Gasteiger partial charge in [0.15, 0.2) is 11.5 Å². The zero-order valence-corrected chi connectivity index (χ0v) is 21.8. The minimum absolute atomic E-state index is 0.0320. The molecule has 1 atom stereocenters. The largest absolute Gasteiger partial charge is 0.493 e. The predicted octanol–water partition coefficient (Wildman–Crippen LogP) is 1.76. The van der Waals surface area contributed by atoms with Gasteiger partial charge in [-0.2, -0.15) is 0 Å². The molecule has 10 nitrogen and oxygen atoms in total. The fourth-order valence-corrected chi connectivity index (χ4v) is 5.83. The molecular formula is C25H32N4O6S. The van der Waals surface area contributed by atoms with E-state index in [0.29, 0.717) is 17.0 Å². The molecule has 11 heteroatoms. The first-order chi connectivity index (χ1) is 17.2. The van der Waals surface area contributed by atoms with Gasteiger partial charge >= 0.3 is 5.69 Å². The molecule has 1 aliphatic rings. The number of rotatable bonds is 8. The van der Waals surface area contributed by atoms with Crippen LogP contribution >= 0.6 is 0 Å². The number of benzene rings is 2. The zero-order valence-electron chi connectivity index (χ0n) is 21.0. The highest BCUT2D eigenvalue weighted by Gasteiger charge is 2.26. The highest BCUT2D eigenvalue weighted by molar-refractivity contribution is 7.89. The summed E-state index contributed by atoms with van der Waals surface area (Å²) in [4.78, 5) is 27.1. The number of fused-ring (bicyclic) bond motifs is 1. The van der Waals surface area contributed by atoms with Crippen molar-refractivity contribution >= 4 is 20.9 Å². The fourth-order valence-electron chi connectivity index (χ4n) is 4.76. The Morgan fingerprint density at radius 3 is 2.28 bits per heavy atom. The number of nitrogens with zero attached hydrogens (tertiary/aromatic N) is 3. The summed E-state index contributed by atoms with van der Waals surface area (Å²) in [7, 11) is 2.11. The topological polar surface area (TPSA) is 112 Å². The van der Waals surface area contributed by atoms with Gasteiger partial charge in [0.05, 0.1) is 30.0 Å². The molecule has 4 rings (SSSR count). The summed E-state index contributed by atoms with van der Waals surface area (Å²) in [6.07, 6.45) is 3.24. The molecule has 1 fully saturated rings. The van der Waals surface area contributed by atoms with E-state index in [2.05, 4.69) is 9.62 Å². The summed E-state index contributed by atoms with van der Waals surface area (Å²) in [5.74, 6) is 1.18. The second-order valence-electron chi connectivity index (χ2n) is 8.96. The number of nitrogens with one attached hydrogen (secondary N) is 1. The Balaban J connectivity index is 1.67. The molecule has 0 bridgehead atoms. The predicted molar refractivity (Wildman–Crippen MR) is 137 cm³/mol. The highest BCUT2D eigenvalue weighted by atomic mass is 32.2. The average Bonchev–Trinajstić information content (AvgIpc) is 2.90. The molecule has 1 saturated heterocycles. The Labute approximate surface area is 210 Å². The van der Waals surface area contributed by atoms with Gasteiger partial charge < -0.3 is 9.47 Å². The second kappa shape index (κ2) is 10.5. The Hall–Kier alpha value is -3.15. The smallest absolute Gasteiger partial charge is 0.330 e. The number of likely N-dealkylation sites (tertiary alicyclic amines) is 1. The van der Waals surface area contributed by atoms with Crippen molar-refractivity contribution in [3.05, 3.63) is 62.8 Å². The lowest BCUT2D eigenvalue weighted by Crippen LogP contribution is -2.40. The van der Waals surface area contributed by atoms with Crippen LogP contribution < -0.4 is 25.4 Å². The average molecular weight is 517 g/mol. The van der Waals surface area contributed by atoms with Crippen LogP contribution in [0, 0.1) is 0 Å². The number of ether oxygens (including phenoxy) is 2. The summed E-state index contributed by atoms with van der Waals surface area (Å²) in [6, 6.07) is 9.64. The van der Waals surface area contributed by atoms with Crippen molar-refractivity contribution in [2.75, 3.05) is 33.9 Å². The van der Waals surface area contributed by atoms with Crippen LogP contribution in [0.25, 0.3) is 10.9 Å². The van der Waals surface area contributed by atoms with Crippen molar-refractivity contribution in [2.24, 2.45) is 14.1 Å². The van der Waals surface area contributed by atoms with E-state index in [1.165, 1.54) is 29.8 Å². The van der Waals surface area contributed by atoms with E-state index in [-0.39, 0.29) is 22.9 Å². The summed E-state index contributed by atoms with van der Waals surface area (Å²) < 4.78 is 42.5. The summed E-state index contributed by atoms with van der Waals surface area (Å²) in [5, 5.41) is 0.162. The summed E-state index contributed by atoms with van der Waals surface area (Å²) in [5.41, 5.74) is 0.278. The van der Waals surface area contributed by atoms with Gasteiger partial charge in [-0.3, -0.25) is 18.8 Å². The van der Waals surface area contributed by atoms with Gasteiger partial charge in [0, 0.05) is 26.7 Å². The summed E-state index contributed by atoms with van der Waals surface area (Å²) in [6.45, 7) is 1.86. The SMILES string of the molecule is COc1ccc([C@H](CNS(=O)(=O)c2ccc3c(c2)c(=O)n(C)c(=O)n3C)N2CCCCC2)cc1OC. The number of hydrogen-bond donors (Lipinski definition) is 1. The van der Waals surface area contributed by atoms with Crippen molar-refractivity contribution in [2.45, 2.75) is 30.2 Å². The van der Waals surface area contributed by atoms with E-state index >= 15 is 0 Å². The van der Waals surface area contributed by atoms with E-state index in [1.807, 2.05) is 18.2 Å². The maximum absolute atomic E-state index is 13.3.